The average molecular weight is 708 g/mol. The molecule has 47 heavy (non-hydrogen) atoms. The first-order chi connectivity index (χ1) is 22.0. The standard InChI is InChI=1S/C35H42Cl2F2N2O5Si/c1-34(2,3)47(5,6)46-30-20-40(28-13-9-23(38)17-26(28)36)16-15-35(30,43)21-45-29-18-27(39)32(37)33-25(29)12-14-31(42)41(33)19-22-7-10-24(44-4)11-8-22/h7-11,13,17-18,30,43H,12,14-16,19-21H2,1-6H3. The van der Waals surface area contributed by atoms with Gasteiger partial charge in [-0.1, -0.05) is 56.1 Å². The number of hydrogen-bond acceptors (Lipinski definition) is 6. The van der Waals surface area contributed by atoms with Crippen LogP contribution in [0.3, 0.4) is 0 Å². The van der Waals surface area contributed by atoms with Gasteiger partial charge in [-0.2, -0.15) is 0 Å². The Kier molecular flexibility index (Phi) is 10.2. The number of hydrogen-bond donors (Lipinski definition) is 1. The van der Waals surface area contributed by atoms with Crippen LogP contribution in [-0.4, -0.2) is 57.8 Å². The molecule has 2 heterocycles. The van der Waals surface area contributed by atoms with Gasteiger partial charge in [0.15, 0.2) is 8.32 Å². The first kappa shape index (κ1) is 35.4. The van der Waals surface area contributed by atoms with Crippen molar-refractivity contribution in [3.63, 3.8) is 0 Å². The topological polar surface area (TPSA) is 71.5 Å². The molecule has 1 N–H and O–H groups in total. The highest BCUT2D eigenvalue weighted by atomic mass is 35.5. The SMILES string of the molecule is COc1ccc(CN2C(=O)CCc3c(OCC4(O)CCN(c5ccc(F)cc5Cl)CC4O[Si](C)(C)C(C)(C)C)cc(F)c(Cl)c32)cc1. The van der Waals surface area contributed by atoms with Crippen LogP contribution in [0, 0.1) is 11.6 Å². The van der Waals surface area contributed by atoms with E-state index in [1.165, 1.54) is 23.1 Å². The monoisotopic (exact) mass is 706 g/mol. The molecule has 254 valence electrons. The van der Waals surface area contributed by atoms with Crippen molar-refractivity contribution in [3.8, 4) is 11.5 Å². The summed E-state index contributed by atoms with van der Waals surface area (Å²) in [6, 6.07) is 12.8. The van der Waals surface area contributed by atoms with E-state index in [0.29, 0.717) is 30.0 Å². The van der Waals surface area contributed by atoms with Gasteiger partial charge in [0, 0.05) is 31.1 Å². The van der Waals surface area contributed by atoms with E-state index in [1.54, 1.807) is 25.3 Å². The van der Waals surface area contributed by atoms with Gasteiger partial charge in [-0.15, -0.1) is 0 Å². The van der Waals surface area contributed by atoms with Crippen LogP contribution in [-0.2, 0) is 22.2 Å². The third-order valence-corrected chi connectivity index (χ3v) is 14.8. The van der Waals surface area contributed by atoms with Gasteiger partial charge in [0.1, 0.15) is 40.4 Å². The summed E-state index contributed by atoms with van der Waals surface area (Å²) in [4.78, 5) is 16.6. The van der Waals surface area contributed by atoms with Gasteiger partial charge in [-0.25, -0.2) is 8.78 Å². The molecule has 5 rings (SSSR count). The Bertz CT molecular complexity index is 1640. The van der Waals surface area contributed by atoms with Crippen LogP contribution in [0.2, 0.25) is 28.2 Å². The fraction of sp³-hybridized carbons (Fsp3) is 0.457. The van der Waals surface area contributed by atoms with Gasteiger partial charge in [-0.05, 0) is 66.9 Å². The zero-order valence-electron chi connectivity index (χ0n) is 27.6. The van der Waals surface area contributed by atoms with Crippen molar-refractivity contribution in [2.75, 3.05) is 36.6 Å². The fourth-order valence-electron chi connectivity index (χ4n) is 5.81. The number of amides is 1. The Morgan fingerprint density at radius 2 is 1.77 bits per heavy atom. The number of fused-ring (bicyclic) bond motifs is 1. The minimum Gasteiger partial charge on any atom is -0.497 e. The summed E-state index contributed by atoms with van der Waals surface area (Å²) in [6.45, 7) is 11.3. The Balaban J connectivity index is 1.44. The van der Waals surface area contributed by atoms with Crippen molar-refractivity contribution in [2.24, 2.45) is 0 Å². The largest absolute Gasteiger partial charge is 0.497 e. The third kappa shape index (κ3) is 7.42. The van der Waals surface area contributed by atoms with E-state index in [0.717, 1.165) is 5.56 Å². The fourth-order valence-corrected chi connectivity index (χ4v) is 7.72. The smallest absolute Gasteiger partial charge is 0.227 e. The van der Waals surface area contributed by atoms with Crippen molar-refractivity contribution in [1.29, 1.82) is 0 Å². The molecule has 1 amide bonds. The van der Waals surface area contributed by atoms with Gasteiger partial charge in [-0.3, -0.25) is 4.79 Å². The molecule has 12 heteroatoms. The summed E-state index contributed by atoms with van der Waals surface area (Å²) in [5.74, 6) is -0.439. The van der Waals surface area contributed by atoms with Crippen LogP contribution >= 0.6 is 23.2 Å². The van der Waals surface area contributed by atoms with Crippen molar-refractivity contribution in [2.45, 2.75) is 76.4 Å². The molecular formula is C35H42Cl2F2N2O5Si. The summed E-state index contributed by atoms with van der Waals surface area (Å²) >= 11 is 12.9. The molecule has 2 aliphatic rings. The highest BCUT2D eigenvalue weighted by molar-refractivity contribution is 6.74. The van der Waals surface area contributed by atoms with E-state index in [-0.39, 0.29) is 65.0 Å². The second-order valence-electron chi connectivity index (χ2n) is 13.9. The molecule has 0 aromatic heterocycles. The molecule has 1 saturated heterocycles. The number of carbonyl (C=O) groups is 1. The second kappa shape index (κ2) is 13.5. The number of rotatable bonds is 9. The number of carbonyl (C=O) groups excluding carboxylic acids is 1. The van der Waals surface area contributed by atoms with Crippen LogP contribution in [0.5, 0.6) is 11.5 Å². The summed E-state index contributed by atoms with van der Waals surface area (Å²) in [5, 5.41) is 12.2. The second-order valence-corrected chi connectivity index (χ2v) is 19.4. The lowest BCUT2D eigenvalue weighted by Crippen LogP contribution is -2.63. The van der Waals surface area contributed by atoms with Crippen molar-refractivity contribution >= 4 is 48.8 Å². The van der Waals surface area contributed by atoms with Crippen molar-refractivity contribution in [3.05, 3.63) is 81.3 Å². The van der Waals surface area contributed by atoms with E-state index in [1.807, 2.05) is 17.0 Å². The summed E-state index contributed by atoms with van der Waals surface area (Å²) in [6.07, 6.45) is 0.0534. The Morgan fingerprint density at radius 3 is 2.40 bits per heavy atom. The highest BCUT2D eigenvalue weighted by Gasteiger charge is 2.49. The number of halogens is 4. The molecule has 7 nitrogen and oxygen atoms in total. The lowest BCUT2D eigenvalue weighted by Gasteiger charge is -2.49. The maximum Gasteiger partial charge on any atom is 0.227 e. The van der Waals surface area contributed by atoms with Gasteiger partial charge in [0.05, 0.1) is 36.2 Å². The number of piperidine rings is 1. The van der Waals surface area contributed by atoms with Crippen LogP contribution < -0.4 is 19.3 Å². The van der Waals surface area contributed by atoms with Gasteiger partial charge in [0.2, 0.25) is 5.91 Å². The first-order valence-electron chi connectivity index (χ1n) is 15.7. The maximum atomic E-state index is 15.4. The van der Waals surface area contributed by atoms with Gasteiger partial charge < -0.3 is 28.8 Å². The molecule has 3 aromatic carbocycles. The molecule has 2 aliphatic heterocycles. The summed E-state index contributed by atoms with van der Waals surface area (Å²) < 4.78 is 47.6. The van der Waals surface area contributed by atoms with Crippen molar-refractivity contribution < 1.29 is 32.6 Å². The molecule has 3 aromatic rings. The van der Waals surface area contributed by atoms with E-state index in [4.69, 9.17) is 37.1 Å². The predicted octanol–water partition coefficient (Wildman–Crippen LogP) is 8.17. The minimum absolute atomic E-state index is 0.150. The van der Waals surface area contributed by atoms with Crippen LogP contribution in [0.4, 0.5) is 20.2 Å². The molecular weight excluding hydrogens is 665 g/mol. The van der Waals surface area contributed by atoms with Crippen LogP contribution in [0.15, 0.2) is 48.5 Å². The Morgan fingerprint density at radius 1 is 1.06 bits per heavy atom. The van der Waals surface area contributed by atoms with E-state index in [2.05, 4.69) is 33.9 Å². The number of nitrogens with zero attached hydrogens (tertiary/aromatic N) is 2. The van der Waals surface area contributed by atoms with E-state index in [9.17, 15) is 14.3 Å². The number of aliphatic hydroxyl groups is 1. The minimum atomic E-state index is -2.41. The molecule has 1 fully saturated rings. The molecule has 0 aliphatic carbocycles. The lowest BCUT2D eigenvalue weighted by atomic mass is 9.89. The van der Waals surface area contributed by atoms with Gasteiger partial charge >= 0.3 is 0 Å². The van der Waals surface area contributed by atoms with Gasteiger partial charge in [0.25, 0.3) is 0 Å². The molecule has 0 radical (unpaired) electrons. The number of methoxy groups -OCH3 is 1. The molecule has 0 spiro atoms. The third-order valence-electron chi connectivity index (χ3n) is 9.69. The van der Waals surface area contributed by atoms with Crippen LogP contribution in [0.25, 0.3) is 0 Å². The normalized spacial score (nSPS) is 20.3. The molecule has 2 atom stereocenters. The molecule has 0 bridgehead atoms. The summed E-state index contributed by atoms with van der Waals surface area (Å²) in [7, 11) is -0.831. The van der Waals surface area contributed by atoms with Crippen molar-refractivity contribution in [1.82, 2.24) is 0 Å². The average Bonchev–Trinajstić information content (AvgIpc) is 3.00. The number of ether oxygens (including phenoxy) is 2. The highest BCUT2D eigenvalue weighted by Crippen LogP contribution is 2.45. The quantitative estimate of drug-likeness (QED) is 0.227. The molecule has 2 unspecified atom stereocenters. The zero-order chi connectivity index (χ0) is 34.3. The maximum absolute atomic E-state index is 15.4. The van der Waals surface area contributed by atoms with E-state index >= 15 is 4.39 Å². The number of anilines is 2. The molecule has 0 saturated carbocycles. The summed E-state index contributed by atoms with van der Waals surface area (Å²) in [5.41, 5.74) is 0.897. The van der Waals surface area contributed by atoms with E-state index < -0.39 is 31.7 Å². The first-order valence-corrected chi connectivity index (χ1v) is 19.4. The number of benzene rings is 3. The predicted molar refractivity (Wildman–Crippen MR) is 185 cm³/mol. The lowest BCUT2D eigenvalue weighted by molar-refractivity contribution is -0.119. The van der Waals surface area contributed by atoms with Crippen LogP contribution in [0.1, 0.15) is 44.7 Å². The Hall–Kier alpha value is -2.89. The Labute approximate surface area is 286 Å². The zero-order valence-corrected chi connectivity index (χ0v) is 30.1.